The molecule has 0 aliphatic carbocycles. The van der Waals surface area contributed by atoms with Gasteiger partial charge in [0.1, 0.15) is 17.3 Å². The molecule has 0 bridgehead atoms. The van der Waals surface area contributed by atoms with Gasteiger partial charge in [0.15, 0.2) is 11.8 Å². The fraction of sp³-hybridized carbons (Fsp3) is 0.308. The molecule has 2 aliphatic heterocycles. The Morgan fingerprint density at radius 2 is 2.08 bits per heavy atom. The highest BCUT2D eigenvalue weighted by atomic mass is 32.2. The van der Waals surface area contributed by atoms with Crippen LogP contribution in [0.5, 0.6) is 5.75 Å². The number of rotatable bonds is 7. The number of hydrogen-bond acceptors (Lipinski definition) is 6. The monoisotopic (exact) mass is 523 g/mol. The average molecular weight is 524 g/mol. The van der Waals surface area contributed by atoms with Crippen molar-refractivity contribution in [1.82, 2.24) is 4.31 Å². The summed E-state index contributed by atoms with van der Waals surface area (Å²) in [7, 11) is -4.18. The lowest BCUT2D eigenvalue weighted by molar-refractivity contribution is -0.438. The van der Waals surface area contributed by atoms with E-state index in [4.69, 9.17) is 11.2 Å². The first-order valence-electron chi connectivity index (χ1n) is 11.4. The summed E-state index contributed by atoms with van der Waals surface area (Å²) in [6.07, 6.45) is 6.75. The molecular formula is C26H24FN4O5S+. The van der Waals surface area contributed by atoms with Crippen LogP contribution in [-0.2, 0) is 14.8 Å². The molecule has 2 aromatic rings. The standard InChI is InChI=1S/C26H23FN4O5S/c1-4-26(16-28)13-18(14-30-24-11-19(27)5-10-22(24)23(29-30)12-25(32)33)15-31(26)37(34,35)21-8-6-20(7-9-21)36-17(2)3/h1,5-11,14,17-18H,12-13,15H2,2-3H3/p+1/b30-14+/t18?,26-/m0/s1. The minimum Gasteiger partial charge on any atom is -0.491 e. The lowest BCUT2D eigenvalue weighted by Gasteiger charge is -2.26. The highest BCUT2D eigenvalue weighted by Gasteiger charge is 2.52. The van der Waals surface area contributed by atoms with Crippen LogP contribution < -0.4 is 4.74 Å². The molecule has 1 fully saturated rings. The van der Waals surface area contributed by atoms with Crippen molar-refractivity contribution in [2.24, 2.45) is 11.0 Å². The number of hydrogen-bond donors (Lipinski definition) is 1. The molecule has 9 nitrogen and oxygen atoms in total. The van der Waals surface area contributed by atoms with Gasteiger partial charge >= 0.3 is 5.97 Å². The van der Waals surface area contributed by atoms with Crippen LogP contribution in [0.3, 0.4) is 0 Å². The van der Waals surface area contributed by atoms with E-state index in [0.717, 1.165) is 4.31 Å². The zero-order chi connectivity index (χ0) is 27.0. The van der Waals surface area contributed by atoms with E-state index in [-0.39, 0.29) is 36.1 Å². The maximum absolute atomic E-state index is 14.0. The van der Waals surface area contributed by atoms with Crippen molar-refractivity contribution in [3.8, 4) is 24.2 Å². The molecule has 2 atom stereocenters. The molecular weight excluding hydrogens is 499 g/mol. The fourth-order valence-electron chi connectivity index (χ4n) is 4.44. The molecule has 37 heavy (non-hydrogen) atoms. The van der Waals surface area contributed by atoms with Crippen LogP contribution in [0.4, 0.5) is 10.1 Å². The van der Waals surface area contributed by atoms with Gasteiger partial charge in [-0.05, 0) is 50.2 Å². The third-order valence-corrected chi connectivity index (χ3v) is 7.92. The number of carboxylic acid groups (broad SMARTS) is 1. The van der Waals surface area contributed by atoms with E-state index < -0.39 is 33.3 Å². The first kappa shape index (κ1) is 26.0. The van der Waals surface area contributed by atoms with Crippen molar-refractivity contribution in [2.45, 2.75) is 43.2 Å². The Kier molecular flexibility index (Phi) is 6.87. The molecule has 2 aliphatic rings. The normalized spacial score (nSPS) is 22.4. The van der Waals surface area contributed by atoms with Gasteiger partial charge in [0.05, 0.1) is 35.0 Å². The minimum absolute atomic E-state index is 0.0291. The number of benzene rings is 2. The van der Waals surface area contributed by atoms with Crippen LogP contribution in [0, 0.1) is 35.4 Å². The van der Waals surface area contributed by atoms with Crippen LogP contribution >= 0.6 is 0 Å². The molecule has 1 saturated heterocycles. The summed E-state index contributed by atoms with van der Waals surface area (Å²) in [5.41, 5.74) is -0.754. The molecule has 0 spiro atoms. The first-order valence-corrected chi connectivity index (χ1v) is 12.8. The molecule has 0 radical (unpaired) electrons. The predicted octanol–water partition coefficient (Wildman–Crippen LogP) is 3.13. The zero-order valence-corrected chi connectivity index (χ0v) is 20.9. The van der Waals surface area contributed by atoms with Crippen molar-refractivity contribution in [2.75, 3.05) is 6.54 Å². The molecule has 190 valence electrons. The lowest BCUT2D eigenvalue weighted by atomic mass is 9.96. The van der Waals surface area contributed by atoms with Gasteiger partial charge in [0.25, 0.3) is 0 Å². The number of carboxylic acids is 1. The largest absolute Gasteiger partial charge is 0.491 e. The molecule has 11 heteroatoms. The maximum atomic E-state index is 14.0. The topological polar surface area (TPSA) is 123 Å². The highest BCUT2D eigenvalue weighted by Crippen LogP contribution is 2.38. The van der Waals surface area contributed by atoms with Gasteiger partial charge in [0, 0.05) is 24.1 Å². The van der Waals surface area contributed by atoms with E-state index in [1.54, 1.807) is 6.21 Å². The number of nitrogens with zero attached hydrogens (tertiary/aromatic N) is 4. The summed E-state index contributed by atoms with van der Waals surface area (Å²) >= 11 is 0. The smallest absolute Gasteiger partial charge is 0.309 e. The predicted molar refractivity (Wildman–Crippen MR) is 133 cm³/mol. The zero-order valence-electron chi connectivity index (χ0n) is 20.1. The Morgan fingerprint density at radius 3 is 2.68 bits per heavy atom. The Balaban J connectivity index is 1.70. The van der Waals surface area contributed by atoms with Crippen LogP contribution in [0.25, 0.3) is 0 Å². The van der Waals surface area contributed by atoms with E-state index in [2.05, 4.69) is 11.0 Å². The van der Waals surface area contributed by atoms with Crippen molar-refractivity contribution < 1.29 is 32.1 Å². The molecule has 0 aromatic heterocycles. The summed E-state index contributed by atoms with van der Waals surface area (Å²) in [4.78, 5) is 11.2. The van der Waals surface area contributed by atoms with Gasteiger partial charge in [-0.1, -0.05) is 10.6 Å². The second-order valence-corrected chi connectivity index (χ2v) is 10.9. The molecule has 0 saturated carbocycles. The summed E-state index contributed by atoms with van der Waals surface area (Å²) in [6, 6.07) is 11.7. The van der Waals surface area contributed by atoms with Gasteiger partial charge < -0.3 is 9.84 Å². The molecule has 4 rings (SSSR count). The Labute approximate surface area is 214 Å². The molecule has 2 heterocycles. The van der Waals surface area contributed by atoms with Crippen LogP contribution in [-0.4, -0.2) is 58.6 Å². The van der Waals surface area contributed by atoms with Crippen LogP contribution in [0.2, 0.25) is 0 Å². The first-order chi connectivity index (χ1) is 17.5. The summed E-state index contributed by atoms with van der Waals surface area (Å²) < 4.78 is 49.0. The van der Waals surface area contributed by atoms with Gasteiger partial charge in [0.2, 0.25) is 15.7 Å². The highest BCUT2D eigenvalue weighted by molar-refractivity contribution is 7.89. The number of hydrazone groups is 1. The Hall–Kier alpha value is -4.06. The van der Waals surface area contributed by atoms with Gasteiger partial charge in [-0.2, -0.15) is 9.57 Å². The van der Waals surface area contributed by atoms with Crippen molar-refractivity contribution >= 4 is 33.6 Å². The van der Waals surface area contributed by atoms with E-state index >= 15 is 0 Å². The molecule has 2 aromatic carbocycles. The number of sulfonamides is 1. The number of nitriles is 1. The third-order valence-electron chi connectivity index (χ3n) is 6.01. The van der Waals surface area contributed by atoms with Gasteiger partial charge in [-0.15, -0.1) is 6.42 Å². The quantitative estimate of drug-likeness (QED) is 0.439. The van der Waals surface area contributed by atoms with Crippen molar-refractivity contribution in [3.63, 3.8) is 0 Å². The van der Waals surface area contributed by atoms with Crippen LogP contribution in [0.15, 0.2) is 52.5 Å². The maximum Gasteiger partial charge on any atom is 0.309 e. The number of aliphatic carboxylic acids is 1. The Morgan fingerprint density at radius 1 is 1.38 bits per heavy atom. The molecule has 0 amide bonds. The lowest BCUT2D eigenvalue weighted by Crippen LogP contribution is -2.45. The number of fused-ring (bicyclic) bond motifs is 1. The van der Waals surface area contributed by atoms with Crippen LogP contribution in [0.1, 0.15) is 32.3 Å². The Bertz CT molecular complexity index is 1490. The van der Waals surface area contributed by atoms with Crippen molar-refractivity contribution in [3.05, 3.63) is 53.8 Å². The number of terminal acetylenes is 1. The van der Waals surface area contributed by atoms with E-state index in [0.29, 0.717) is 17.0 Å². The minimum atomic E-state index is -4.18. The molecule has 1 N–H and O–H groups in total. The number of halogens is 1. The van der Waals surface area contributed by atoms with E-state index in [9.17, 15) is 28.0 Å². The van der Waals surface area contributed by atoms with E-state index in [1.807, 2.05) is 19.9 Å². The summed E-state index contributed by atoms with van der Waals surface area (Å²) in [5.74, 6) is 0.642. The third kappa shape index (κ3) is 4.96. The van der Waals surface area contributed by atoms with Gasteiger partial charge in [-0.25, -0.2) is 12.8 Å². The second-order valence-electron chi connectivity index (χ2n) is 9.03. The average Bonchev–Trinajstić information content (AvgIpc) is 3.37. The van der Waals surface area contributed by atoms with Gasteiger partial charge in [-0.3, -0.25) is 4.79 Å². The van der Waals surface area contributed by atoms with Crippen molar-refractivity contribution in [1.29, 1.82) is 5.26 Å². The summed E-state index contributed by atoms with van der Waals surface area (Å²) in [5, 5.41) is 23.5. The SMILES string of the molecule is C#C[C@@]1(C#N)CC(/C=[N+]2/N=C(CC(=O)O)c3ccc(F)cc32)CN1S(=O)(=O)c1ccc(OC(C)C)cc1. The summed E-state index contributed by atoms with van der Waals surface area (Å²) in [6.45, 7) is 3.57. The second kappa shape index (κ2) is 9.77. The fourth-order valence-corrected chi connectivity index (χ4v) is 6.14. The molecule has 1 unspecified atom stereocenters. The number of ether oxygens (including phenoxy) is 1. The van der Waals surface area contributed by atoms with E-state index in [1.165, 1.54) is 47.1 Å². The number of carbonyl (C=O) groups is 1.